The van der Waals surface area contributed by atoms with Gasteiger partial charge in [0.25, 0.3) is 0 Å². The van der Waals surface area contributed by atoms with Crippen molar-refractivity contribution < 1.29 is 28.6 Å². The van der Waals surface area contributed by atoms with E-state index in [1.807, 2.05) is 0 Å². The molecule has 0 rings (SSSR count). The highest BCUT2D eigenvalue weighted by molar-refractivity contribution is 5.71. The highest BCUT2D eigenvalue weighted by atomic mass is 16.6. The largest absolute Gasteiger partial charge is 0.462 e. The quantitative estimate of drug-likeness (QED) is 0.0261. The van der Waals surface area contributed by atoms with Crippen LogP contribution in [0.25, 0.3) is 0 Å². The molecule has 0 amide bonds. The second-order valence-corrected chi connectivity index (χ2v) is 22.0. The van der Waals surface area contributed by atoms with Crippen molar-refractivity contribution in [2.45, 2.75) is 316 Å². The molecule has 0 heterocycles. The maximum atomic E-state index is 12.9. The van der Waals surface area contributed by atoms with Gasteiger partial charge in [-0.15, -0.1) is 0 Å². The van der Waals surface area contributed by atoms with Gasteiger partial charge in [-0.25, -0.2) is 0 Å². The molecule has 0 aromatic rings. The second-order valence-electron chi connectivity index (χ2n) is 22.0. The van der Waals surface area contributed by atoms with Crippen molar-refractivity contribution >= 4 is 17.9 Å². The third-order valence-corrected chi connectivity index (χ3v) is 14.2. The molecule has 0 fully saturated rings. The van der Waals surface area contributed by atoms with Gasteiger partial charge in [0.15, 0.2) is 6.10 Å². The van der Waals surface area contributed by atoms with Crippen molar-refractivity contribution in [1.82, 2.24) is 0 Å². The Labute approximate surface area is 494 Å². The Morgan fingerprint density at radius 3 is 0.812 bits per heavy atom. The fourth-order valence-electron chi connectivity index (χ4n) is 9.27. The summed E-state index contributed by atoms with van der Waals surface area (Å²) in [7, 11) is 0. The van der Waals surface area contributed by atoms with Crippen LogP contribution in [0.3, 0.4) is 0 Å². The summed E-state index contributed by atoms with van der Waals surface area (Å²) in [5.41, 5.74) is 0. The minimum atomic E-state index is -0.805. The Kier molecular flexibility index (Phi) is 63.8. The predicted molar refractivity (Wildman–Crippen MR) is 348 cm³/mol. The molecular formula is C74H124O6. The molecule has 0 saturated heterocycles. The summed E-state index contributed by atoms with van der Waals surface area (Å²) in [5, 5.41) is 0. The van der Waals surface area contributed by atoms with E-state index in [0.29, 0.717) is 19.3 Å². The second kappa shape index (κ2) is 67.3. The summed E-state index contributed by atoms with van der Waals surface area (Å²) in [6.45, 7) is 6.39. The lowest BCUT2D eigenvalue weighted by atomic mass is 10.0. The molecule has 0 radical (unpaired) electrons. The van der Waals surface area contributed by atoms with E-state index in [1.54, 1.807) is 0 Å². The first kappa shape index (κ1) is 75.8. The summed E-state index contributed by atoms with van der Waals surface area (Å²) < 4.78 is 16.9. The fourth-order valence-corrected chi connectivity index (χ4v) is 9.27. The average Bonchev–Trinajstić information content (AvgIpc) is 3.46. The SMILES string of the molecule is CC/C=C\C/C=C\C/C=C\C/C=C\C/C=C\CCCCCCCCCCCCCC(=O)OCC(COC(=O)CCC/C=C\C/C=C\C/C=C\C/C=C\C/C=C\CC)OC(=O)CCCCCCCCCCCCCCCCCCCC. The minimum Gasteiger partial charge on any atom is -0.462 e. The molecule has 0 aromatic carbocycles. The molecule has 0 N–H and O–H groups in total. The molecule has 0 bridgehead atoms. The molecular weight excluding hydrogens is 985 g/mol. The van der Waals surface area contributed by atoms with Crippen molar-refractivity contribution in [2.24, 2.45) is 0 Å². The standard InChI is InChI=1S/C74H124O6/c1-4-7-10-13-16-19-22-25-28-31-33-34-35-36-37-38-39-40-41-44-46-49-52-55-58-61-64-67-73(76)79-70-71(69-78-72(75)66-63-60-57-54-51-48-45-42-30-27-24-21-18-15-12-9-6-3)80-74(77)68-65-62-59-56-53-50-47-43-32-29-26-23-20-17-14-11-8-5-2/h7,9-10,12,16,18-19,21,25,27-28,30,33-34,36-37,45,48,54,57,71H,4-6,8,11,13-15,17,20,22-24,26,29,31-32,35,38-44,46-47,49-53,55-56,58-70H2,1-3H3/b10-7-,12-9-,19-16-,21-18-,28-25-,30-27-,34-33-,37-36-,48-45-,57-54-. The Balaban J connectivity index is 4.39. The Bertz CT molecular complexity index is 1650. The number of hydrogen-bond acceptors (Lipinski definition) is 6. The van der Waals surface area contributed by atoms with Crippen molar-refractivity contribution in [2.75, 3.05) is 13.2 Å². The first-order valence-electron chi connectivity index (χ1n) is 33.5. The van der Waals surface area contributed by atoms with Crippen LogP contribution in [0.15, 0.2) is 122 Å². The maximum absolute atomic E-state index is 12.9. The number of rotatable bonds is 60. The summed E-state index contributed by atoms with van der Waals surface area (Å²) >= 11 is 0. The molecule has 1 unspecified atom stereocenters. The number of hydrogen-bond donors (Lipinski definition) is 0. The Hall–Kier alpha value is -4.19. The number of esters is 3. The number of unbranched alkanes of at least 4 members (excludes halogenated alkanes) is 29. The van der Waals surface area contributed by atoms with Gasteiger partial charge in [0.05, 0.1) is 0 Å². The summed E-state index contributed by atoms with van der Waals surface area (Å²) in [6, 6.07) is 0. The van der Waals surface area contributed by atoms with E-state index >= 15 is 0 Å². The van der Waals surface area contributed by atoms with Crippen LogP contribution in [0.2, 0.25) is 0 Å². The third-order valence-electron chi connectivity index (χ3n) is 14.2. The van der Waals surface area contributed by atoms with Crippen LogP contribution in [0.5, 0.6) is 0 Å². The summed E-state index contributed by atoms with van der Waals surface area (Å²) in [6.07, 6.45) is 93.6. The highest BCUT2D eigenvalue weighted by Gasteiger charge is 2.19. The molecule has 456 valence electrons. The smallest absolute Gasteiger partial charge is 0.306 e. The average molecular weight is 1110 g/mol. The van der Waals surface area contributed by atoms with Crippen LogP contribution >= 0.6 is 0 Å². The van der Waals surface area contributed by atoms with Gasteiger partial charge in [0, 0.05) is 19.3 Å². The monoisotopic (exact) mass is 1110 g/mol. The van der Waals surface area contributed by atoms with Crippen LogP contribution in [-0.4, -0.2) is 37.2 Å². The predicted octanol–water partition coefficient (Wildman–Crippen LogP) is 23.2. The van der Waals surface area contributed by atoms with Crippen LogP contribution in [0.1, 0.15) is 310 Å². The maximum Gasteiger partial charge on any atom is 0.306 e. The van der Waals surface area contributed by atoms with Gasteiger partial charge in [0.2, 0.25) is 0 Å². The lowest BCUT2D eigenvalue weighted by Crippen LogP contribution is -2.30. The molecule has 0 aromatic heterocycles. The van der Waals surface area contributed by atoms with Gasteiger partial charge in [-0.3, -0.25) is 14.4 Å². The number of ether oxygens (including phenoxy) is 3. The van der Waals surface area contributed by atoms with Crippen molar-refractivity contribution in [3.63, 3.8) is 0 Å². The van der Waals surface area contributed by atoms with Gasteiger partial charge in [-0.1, -0.05) is 309 Å². The van der Waals surface area contributed by atoms with E-state index in [-0.39, 0.29) is 37.5 Å². The molecule has 0 saturated carbocycles. The normalized spacial score (nSPS) is 12.9. The van der Waals surface area contributed by atoms with Crippen molar-refractivity contribution in [3.05, 3.63) is 122 Å². The first-order valence-corrected chi connectivity index (χ1v) is 33.5. The van der Waals surface area contributed by atoms with Gasteiger partial charge in [-0.05, 0) is 103 Å². The van der Waals surface area contributed by atoms with Crippen LogP contribution in [0, 0.1) is 0 Å². The van der Waals surface area contributed by atoms with Gasteiger partial charge < -0.3 is 14.2 Å². The summed E-state index contributed by atoms with van der Waals surface area (Å²) in [5.74, 6) is -0.949. The molecule has 6 heteroatoms. The lowest BCUT2D eigenvalue weighted by molar-refractivity contribution is -0.167. The number of carbonyl (C=O) groups is 3. The topological polar surface area (TPSA) is 78.9 Å². The van der Waals surface area contributed by atoms with Gasteiger partial charge in [0.1, 0.15) is 13.2 Å². The first-order chi connectivity index (χ1) is 39.5. The zero-order valence-corrected chi connectivity index (χ0v) is 52.3. The number of allylic oxidation sites excluding steroid dienone is 20. The molecule has 80 heavy (non-hydrogen) atoms. The van der Waals surface area contributed by atoms with Gasteiger partial charge in [-0.2, -0.15) is 0 Å². The van der Waals surface area contributed by atoms with E-state index in [2.05, 4.69) is 142 Å². The molecule has 6 nitrogen and oxygen atoms in total. The van der Waals surface area contributed by atoms with Crippen molar-refractivity contribution in [1.29, 1.82) is 0 Å². The molecule has 0 aliphatic rings. The molecule has 0 aliphatic heterocycles. The molecule has 0 aliphatic carbocycles. The van der Waals surface area contributed by atoms with Crippen LogP contribution in [-0.2, 0) is 28.6 Å². The summed E-state index contributed by atoms with van der Waals surface area (Å²) in [4.78, 5) is 38.4. The Morgan fingerprint density at radius 2 is 0.500 bits per heavy atom. The van der Waals surface area contributed by atoms with Crippen molar-refractivity contribution in [3.8, 4) is 0 Å². The minimum absolute atomic E-state index is 0.0968. The van der Waals surface area contributed by atoms with E-state index in [0.717, 1.165) is 109 Å². The molecule has 0 spiro atoms. The Morgan fingerprint density at radius 1 is 0.263 bits per heavy atom. The molecule has 1 atom stereocenters. The van der Waals surface area contributed by atoms with E-state index in [4.69, 9.17) is 14.2 Å². The third kappa shape index (κ3) is 64.6. The van der Waals surface area contributed by atoms with Crippen LogP contribution in [0.4, 0.5) is 0 Å². The van der Waals surface area contributed by atoms with Crippen LogP contribution < -0.4 is 0 Å². The zero-order chi connectivity index (χ0) is 57.8. The lowest BCUT2D eigenvalue weighted by Gasteiger charge is -2.18. The highest BCUT2D eigenvalue weighted by Crippen LogP contribution is 2.17. The van der Waals surface area contributed by atoms with E-state index in [1.165, 1.54) is 154 Å². The number of carbonyl (C=O) groups excluding carboxylic acids is 3. The van der Waals surface area contributed by atoms with E-state index in [9.17, 15) is 14.4 Å². The van der Waals surface area contributed by atoms with E-state index < -0.39 is 6.10 Å². The fraction of sp³-hybridized carbons (Fsp3) is 0.689. The zero-order valence-electron chi connectivity index (χ0n) is 52.3. The van der Waals surface area contributed by atoms with Gasteiger partial charge >= 0.3 is 17.9 Å².